The highest BCUT2D eigenvalue weighted by atomic mass is 19.4. The summed E-state index contributed by atoms with van der Waals surface area (Å²) in [5.74, 6) is -0.554. The summed E-state index contributed by atoms with van der Waals surface area (Å²) in [6.07, 6.45) is -4.43. The fraction of sp³-hybridized carbons (Fsp3) is 0.263. The maximum atomic E-state index is 13.0. The molecule has 1 heterocycles. The summed E-state index contributed by atoms with van der Waals surface area (Å²) in [4.78, 5) is 24.6. The molecular weight excluding hydrogens is 347 g/mol. The van der Waals surface area contributed by atoms with Crippen molar-refractivity contribution in [2.45, 2.75) is 32.0 Å². The summed E-state index contributed by atoms with van der Waals surface area (Å²) in [6.45, 7) is 3.56. The highest BCUT2D eigenvalue weighted by molar-refractivity contribution is 6.08. The zero-order valence-electron chi connectivity index (χ0n) is 14.1. The van der Waals surface area contributed by atoms with Crippen LogP contribution in [0.15, 0.2) is 42.5 Å². The van der Waals surface area contributed by atoms with Gasteiger partial charge in [0.25, 0.3) is 5.91 Å². The smallest absolute Gasteiger partial charge is 0.418 e. The van der Waals surface area contributed by atoms with Gasteiger partial charge < -0.3 is 10.1 Å². The quantitative estimate of drug-likeness (QED) is 0.841. The van der Waals surface area contributed by atoms with Gasteiger partial charge in [0.15, 0.2) is 5.78 Å². The second-order valence-electron chi connectivity index (χ2n) is 6.67. The van der Waals surface area contributed by atoms with E-state index in [9.17, 15) is 22.8 Å². The van der Waals surface area contributed by atoms with Gasteiger partial charge >= 0.3 is 6.18 Å². The maximum absolute atomic E-state index is 13.0. The molecule has 1 amide bonds. The lowest BCUT2D eigenvalue weighted by atomic mass is 9.92. The van der Waals surface area contributed by atoms with Crippen molar-refractivity contribution in [2.24, 2.45) is 0 Å². The minimum absolute atomic E-state index is 0.0809. The van der Waals surface area contributed by atoms with E-state index >= 15 is 0 Å². The van der Waals surface area contributed by atoms with E-state index in [4.69, 9.17) is 4.74 Å². The van der Waals surface area contributed by atoms with Crippen LogP contribution in [-0.2, 0) is 6.18 Å². The Bertz CT molecular complexity index is 888. The average molecular weight is 363 g/mol. The molecule has 1 N–H and O–H groups in total. The number of ether oxygens (including phenoxy) is 1. The number of hydrogen-bond donors (Lipinski definition) is 1. The van der Waals surface area contributed by atoms with Gasteiger partial charge in [0.1, 0.15) is 11.4 Å². The number of ketones is 1. The molecule has 0 atom stereocenters. The molecule has 0 radical (unpaired) electrons. The molecule has 0 aromatic heterocycles. The summed E-state index contributed by atoms with van der Waals surface area (Å²) in [5.41, 5.74) is -1.59. The lowest BCUT2D eigenvalue weighted by Gasteiger charge is -2.31. The van der Waals surface area contributed by atoms with E-state index in [0.717, 1.165) is 6.07 Å². The van der Waals surface area contributed by atoms with E-state index in [0.29, 0.717) is 5.75 Å². The second-order valence-corrected chi connectivity index (χ2v) is 6.67. The Morgan fingerprint density at radius 3 is 2.54 bits per heavy atom. The Labute approximate surface area is 148 Å². The van der Waals surface area contributed by atoms with Crippen LogP contribution in [0.1, 0.15) is 46.5 Å². The predicted octanol–water partition coefficient (Wildman–Crippen LogP) is 4.70. The van der Waals surface area contributed by atoms with Gasteiger partial charge in [-0.05, 0) is 44.2 Å². The van der Waals surface area contributed by atoms with Crippen molar-refractivity contribution >= 4 is 17.4 Å². The van der Waals surface area contributed by atoms with Crippen LogP contribution in [-0.4, -0.2) is 17.3 Å². The molecule has 0 spiro atoms. The molecule has 2 aromatic carbocycles. The van der Waals surface area contributed by atoms with Crippen LogP contribution in [0, 0.1) is 0 Å². The number of anilines is 1. The number of benzene rings is 2. The molecule has 4 nitrogen and oxygen atoms in total. The number of alkyl halides is 3. The summed E-state index contributed by atoms with van der Waals surface area (Å²) in [5, 5.41) is 2.26. The number of amides is 1. The van der Waals surface area contributed by atoms with Crippen molar-refractivity contribution in [2.75, 3.05) is 5.32 Å². The average Bonchev–Trinajstić information content (AvgIpc) is 2.53. The molecule has 136 valence electrons. The van der Waals surface area contributed by atoms with Crippen LogP contribution in [0.25, 0.3) is 0 Å². The zero-order valence-corrected chi connectivity index (χ0v) is 14.1. The van der Waals surface area contributed by atoms with E-state index in [1.54, 1.807) is 13.8 Å². The lowest BCUT2D eigenvalue weighted by molar-refractivity contribution is -0.136. The highest BCUT2D eigenvalue weighted by Gasteiger charge is 2.34. The number of Topliss-reactive ketones (excluding diaryl/α,β-unsaturated/α-hetero) is 1. The van der Waals surface area contributed by atoms with Gasteiger partial charge in [-0.25, -0.2) is 0 Å². The molecule has 0 aliphatic carbocycles. The molecule has 0 bridgehead atoms. The van der Waals surface area contributed by atoms with Crippen molar-refractivity contribution in [3.05, 3.63) is 59.2 Å². The normalized spacial score (nSPS) is 15.8. The second kappa shape index (κ2) is 6.16. The maximum Gasteiger partial charge on any atom is 0.418 e. The Morgan fingerprint density at radius 2 is 1.85 bits per heavy atom. The third-order valence-electron chi connectivity index (χ3n) is 4.00. The monoisotopic (exact) mass is 363 g/mol. The van der Waals surface area contributed by atoms with Crippen LogP contribution in [0.5, 0.6) is 5.75 Å². The highest BCUT2D eigenvalue weighted by Crippen LogP contribution is 2.36. The van der Waals surface area contributed by atoms with Crippen molar-refractivity contribution < 1.29 is 27.5 Å². The van der Waals surface area contributed by atoms with Gasteiger partial charge in [0, 0.05) is 5.56 Å². The molecule has 0 saturated heterocycles. The molecule has 1 aliphatic heterocycles. The van der Waals surface area contributed by atoms with E-state index in [-0.39, 0.29) is 29.0 Å². The first kappa shape index (κ1) is 18.0. The first-order chi connectivity index (χ1) is 12.1. The number of fused-ring (bicyclic) bond motifs is 1. The lowest BCUT2D eigenvalue weighted by Crippen LogP contribution is -2.36. The summed E-state index contributed by atoms with van der Waals surface area (Å²) < 4.78 is 44.8. The SMILES string of the molecule is CC1(C)CC(=O)c2cc(C(=O)Nc3ccccc3C(F)(F)F)ccc2O1. The zero-order chi connectivity index (χ0) is 19.1. The minimum atomic E-state index is -4.59. The van der Waals surface area contributed by atoms with Crippen molar-refractivity contribution in [3.8, 4) is 5.75 Å². The molecule has 0 unspecified atom stereocenters. The third kappa shape index (κ3) is 3.56. The van der Waals surface area contributed by atoms with Crippen molar-refractivity contribution in [1.82, 2.24) is 0 Å². The van der Waals surface area contributed by atoms with Crippen LogP contribution in [0.2, 0.25) is 0 Å². The summed E-state index contributed by atoms with van der Waals surface area (Å²) >= 11 is 0. The minimum Gasteiger partial charge on any atom is -0.487 e. The number of nitrogens with one attached hydrogen (secondary N) is 1. The molecule has 7 heteroatoms. The fourth-order valence-corrected chi connectivity index (χ4v) is 2.83. The van der Waals surface area contributed by atoms with Gasteiger partial charge in [0.2, 0.25) is 0 Å². The van der Waals surface area contributed by atoms with E-state index in [2.05, 4.69) is 5.32 Å². The number of carbonyl (C=O) groups excluding carboxylic acids is 2. The van der Waals surface area contributed by atoms with Crippen molar-refractivity contribution in [3.63, 3.8) is 0 Å². The van der Waals surface area contributed by atoms with Crippen LogP contribution >= 0.6 is 0 Å². The van der Waals surface area contributed by atoms with Crippen LogP contribution in [0.3, 0.4) is 0 Å². The number of para-hydroxylation sites is 1. The van der Waals surface area contributed by atoms with Gasteiger partial charge in [-0.15, -0.1) is 0 Å². The van der Waals surface area contributed by atoms with Crippen LogP contribution < -0.4 is 10.1 Å². The first-order valence-electron chi connectivity index (χ1n) is 7.91. The van der Waals surface area contributed by atoms with Gasteiger partial charge in [-0.2, -0.15) is 13.2 Å². The molecule has 0 saturated carbocycles. The third-order valence-corrected chi connectivity index (χ3v) is 4.00. The van der Waals surface area contributed by atoms with E-state index in [1.165, 1.54) is 36.4 Å². The summed E-state index contributed by atoms with van der Waals surface area (Å²) in [7, 11) is 0. The Hall–Kier alpha value is -2.83. The largest absolute Gasteiger partial charge is 0.487 e. The standard InChI is InChI=1S/C19H16F3NO3/c1-18(2)10-15(24)12-9-11(7-8-16(12)26-18)17(25)23-14-6-4-3-5-13(14)19(20,21)22/h3-9H,10H2,1-2H3,(H,23,25). The molecular formula is C19H16F3NO3. The molecule has 26 heavy (non-hydrogen) atoms. The molecule has 3 rings (SSSR count). The predicted molar refractivity (Wildman–Crippen MR) is 89.5 cm³/mol. The summed E-state index contributed by atoms with van der Waals surface area (Å²) in [6, 6.07) is 8.96. The van der Waals surface area contributed by atoms with Gasteiger partial charge in [-0.1, -0.05) is 12.1 Å². The Kier molecular flexibility index (Phi) is 4.26. The Morgan fingerprint density at radius 1 is 1.15 bits per heavy atom. The molecule has 2 aromatic rings. The number of rotatable bonds is 2. The molecule has 0 fully saturated rings. The number of carbonyl (C=O) groups is 2. The number of hydrogen-bond acceptors (Lipinski definition) is 3. The van der Waals surface area contributed by atoms with Gasteiger partial charge in [0.05, 0.1) is 23.2 Å². The number of halogens is 3. The first-order valence-corrected chi connectivity index (χ1v) is 7.91. The van der Waals surface area contributed by atoms with Gasteiger partial charge in [-0.3, -0.25) is 9.59 Å². The van der Waals surface area contributed by atoms with E-state index < -0.39 is 23.2 Å². The van der Waals surface area contributed by atoms with E-state index in [1.807, 2.05) is 0 Å². The fourth-order valence-electron chi connectivity index (χ4n) is 2.83. The Balaban J connectivity index is 1.89. The topological polar surface area (TPSA) is 55.4 Å². The molecule has 1 aliphatic rings. The van der Waals surface area contributed by atoms with Crippen molar-refractivity contribution in [1.29, 1.82) is 0 Å². The van der Waals surface area contributed by atoms with Crippen LogP contribution in [0.4, 0.5) is 18.9 Å².